The minimum atomic E-state index is -3.64. The Balaban J connectivity index is 2.42. The minimum Gasteiger partial charge on any atom is -0.324 e. The third-order valence-corrected chi connectivity index (χ3v) is 5.72. The molecule has 0 fully saturated rings. The van der Waals surface area contributed by atoms with E-state index in [2.05, 4.69) is 5.32 Å². The molecular formula is C21H28N2O3S. The van der Waals surface area contributed by atoms with Crippen molar-refractivity contribution >= 4 is 27.3 Å². The van der Waals surface area contributed by atoms with Crippen molar-refractivity contribution in [2.45, 2.75) is 47.6 Å². The second kappa shape index (κ2) is 7.72. The van der Waals surface area contributed by atoms with Crippen LogP contribution in [-0.2, 0) is 14.8 Å². The predicted molar refractivity (Wildman–Crippen MR) is 112 cm³/mol. The summed E-state index contributed by atoms with van der Waals surface area (Å²) in [5, 5.41) is 2.91. The third-order valence-electron chi connectivity index (χ3n) is 4.47. The van der Waals surface area contributed by atoms with Crippen molar-refractivity contribution in [1.29, 1.82) is 0 Å². The van der Waals surface area contributed by atoms with Crippen LogP contribution in [0.25, 0.3) is 0 Å². The van der Waals surface area contributed by atoms with Crippen molar-refractivity contribution in [1.82, 2.24) is 0 Å². The Morgan fingerprint density at radius 2 is 1.33 bits per heavy atom. The molecule has 27 heavy (non-hydrogen) atoms. The molecule has 2 aromatic carbocycles. The Morgan fingerprint density at radius 1 is 0.889 bits per heavy atom. The van der Waals surface area contributed by atoms with Crippen LogP contribution in [0.15, 0.2) is 30.3 Å². The molecule has 0 heterocycles. The number of benzene rings is 2. The molecule has 0 bridgehead atoms. The van der Waals surface area contributed by atoms with Gasteiger partial charge in [-0.2, -0.15) is 0 Å². The Bertz CT molecular complexity index is 938. The van der Waals surface area contributed by atoms with Gasteiger partial charge in [-0.1, -0.05) is 23.8 Å². The van der Waals surface area contributed by atoms with Gasteiger partial charge >= 0.3 is 0 Å². The smallest absolute Gasteiger partial charge is 0.248 e. The summed E-state index contributed by atoms with van der Waals surface area (Å²) in [6.45, 7) is 11.3. The Kier molecular flexibility index (Phi) is 6.00. The van der Waals surface area contributed by atoms with Crippen LogP contribution in [0.2, 0.25) is 0 Å². The van der Waals surface area contributed by atoms with E-state index in [9.17, 15) is 13.2 Å². The molecule has 2 rings (SSSR count). The van der Waals surface area contributed by atoms with E-state index >= 15 is 0 Å². The molecule has 2 aromatic rings. The fraction of sp³-hybridized carbons (Fsp3) is 0.381. The van der Waals surface area contributed by atoms with Crippen LogP contribution >= 0.6 is 0 Å². The summed E-state index contributed by atoms with van der Waals surface area (Å²) in [4.78, 5) is 12.9. The number of hydrogen-bond donors (Lipinski definition) is 1. The van der Waals surface area contributed by atoms with Gasteiger partial charge in [-0.15, -0.1) is 0 Å². The van der Waals surface area contributed by atoms with Crippen molar-refractivity contribution < 1.29 is 13.2 Å². The highest BCUT2D eigenvalue weighted by Crippen LogP contribution is 2.26. The molecule has 5 nitrogen and oxygen atoms in total. The topological polar surface area (TPSA) is 66.5 Å². The highest BCUT2D eigenvalue weighted by molar-refractivity contribution is 7.92. The molecular weight excluding hydrogens is 360 g/mol. The molecule has 0 unspecified atom stereocenters. The molecule has 1 N–H and O–H groups in total. The molecule has 0 aromatic heterocycles. The first-order valence-electron chi connectivity index (χ1n) is 8.86. The summed E-state index contributed by atoms with van der Waals surface area (Å²) >= 11 is 0. The highest BCUT2D eigenvalue weighted by atomic mass is 32.2. The molecule has 0 saturated heterocycles. The number of nitrogens with one attached hydrogen (secondary N) is 1. The van der Waals surface area contributed by atoms with Crippen LogP contribution in [0.4, 0.5) is 11.4 Å². The molecule has 0 aliphatic heterocycles. The molecule has 0 spiro atoms. The summed E-state index contributed by atoms with van der Waals surface area (Å²) in [5.41, 5.74) is 6.12. The fourth-order valence-electron chi connectivity index (χ4n) is 3.49. The second-order valence-corrected chi connectivity index (χ2v) is 9.20. The van der Waals surface area contributed by atoms with E-state index in [1.54, 1.807) is 19.1 Å². The fourth-order valence-corrected chi connectivity index (χ4v) is 4.65. The van der Waals surface area contributed by atoms with Crippen molar-refractivity contribution in [3.8, 4) is 0 Å². The largest absolute Gasteiger partial charge is 0.324 e. The summed E-state index contributed by atoms with van der Waals surface area (Å²) < 4.78 is 26.1. The summed E-state index contributed by atoms with van der Waals surface area (Å²) in [7, 11) is -3.64. The van der Waals surface area contributed by atoms with Gasteiger partial charge in [-0.3, -0.25) is 9.10 Å². The van der Waals surface area contributed by atoms with Crippen LogP contribution in [0.5, 0.6) is 0 Å². The quantitative estimate of drug-likeness (QED) is 0.841. The van der Waals surface area contributed by atoms with E-state index in [1.165, 1.54) is 4.31 Å². The first-order chi connectivity index (χ1) is 12.4. The zero-order chi connectivity index (χ0) is 20.5. The van der Waals surface area contributed by atoms with Gasteiger partial charge in [-0.05, 0) is 75.9 Å². The van der Waals surface area contributed by atoms with E-state index in [-0.39, 0.29) is 5.91 Å². The number of amides is 1. The van der Waals surface area contributed by atoms with Gasteiger partial charge in [0.1, 0.15) is 6.04 Å². The van der Waals surface area contributed by atoms with Gasteiger partial charge in [0, 0.05) is 5.69 Å². The van der Waals surface area contributed by atoms with E-state index in [0.29, 0.717) is 5.69 Å². The molecule has 1 atom stereocenters. The molecule has 0 aliphatic rings. The number of carbonyl (C=O) groups is 1. The molecule has 0 saturated carbocycles. The lowest BCUT2D eigenvalue weighted by atomic mass is 10.0. The van der Waals surface area contributed by atoms with Crippen LogP contribution in [0.1, 0.15) is 34.7 Å². The minimum absolute atomic E-state index is 0.366. The monoisotopic (exact) mass is 388 g/mol. The predicted octanol–water partition coefficient (Wildman–Crippen LogP) is 4.02. The molecule has 146 valence electrons. The maximum absolute atomic E-state index is 12.9. The van der Waals surface area contributed by atoms with Crippen LogP contribution in [0.3, 0.4) is 0 Å². The summed E-state index contributed by atoms with van der Waals surface area (Å²) in [6, 6.07) is 8.62. The van der Waals surface area contributed by atoms with E-state index in [0.717, 1.165) is 39.8 Å². The molecule has 1 amide bonds. The molecule has 0 aliphatic carbocycles. The lowest BCUT2D eigenvalue weighted by Crippen LogP contribution is -2.45. The van der Waals surface area contributed by atoms with E-state index < -0.39 is 16.1 Å². The first kappa shape index (κ1) is 21.0. The van der Waals surface area contributed by atoms with Gasteiger partial charge in [0.2, 0.25) is 15.9 Å². The maximum Gasteiger partial charge on any atom is 0.248 e. The molecule has 0 radical (unpaired) electrons. The number of aryl methyl sites for hydroxylation is 5. The standard InChI is InChI=1S/C21H28N2O3S/c1-13-8-14(2)12-19(11-13)23(27(7,25)26)18(6)21(24)22-20-16(4)9-15(3)10-17(20)5/h8-12,18H,1-7H3,(H,22,24)/t18-/m0/s1. The van der Waals surface area contributed by atoms with Crippen molar-refractivity contribution in [3.63, 3.8) is 0 Å². The first-order valence-corrected chi connectivity index (χ1v) is 10.7. The van der Waals surface area contributed by atoms with E-state index in [1.807, 2.05) is 52.8 Å². The number of hydrogen-bond acceptors (Lipinski definition) is 3. The van der Waals surface area contributed by atoms with Gasteiger partial charge in [0.25, 0.3) is 0 Å². The Labute approximate surface area is 162 Å². The number of anilines is 2. The maximum atomic E-state index is 12.9. The number of sulfonamides is 1. The van der Waals surface area contributed by atoms with Gasteiger partial charge in [0.15, 0.2) is 0 Å². The van der Waals surface area contributed by atoms with E-state index in [4.69, 9.17) is 0 Å². The third kappa shape index (κ3) is 4.89. The number of carbonyl (C=O) groups excluding carboxylic acids is 1. The summed E-state index contributed by atoms with van der Waals surface area (Å²) in [6.07, 6.45) is 1.12. The van der Waals surface area contributed by atoms with Gasteiger partial charge in [-0.25, -0.2) is 8.42 Å². The zero-order valence-corrected chi connectivity index (χ0v) is 17.9. The Morgan fingerprint density at radius 3 is 1.78 bits per heavy atom. The van der Waals surface area contributed by atoms with Crippen molar-refractivity contribution in [2.24, 2.45) is 0 Å². The SMILES string of the molecule is Cc1cc(C)cc(N([C@@H](C)C(=O)Nc2c(C)cc(C)cc2C)S(C)(=O)=O)c1. The zero-order valence-electron chi connectivity index (χ0n) is 17.0. The lowest BCUT2D eigenvalue weighted by molar-refractivity contribution is -0.116. The average molecular weight is 389 g/mol. The van der Waals surface area contributed by atoms with Crippen LogP contribution < -0.4 is 9.62 Å². The van der Waals surface area contributed by atoms with Crippen LogP contribution in [-0.4, -0.2) is 26.6 Å². The summed E-state index contributed by atoms with van der Waals surface area (Å²) in [5.74, 6) is -0.366. The average Bonchev–Trinajstić information content (AvgIpc) is 2.48. The van der Waals surface area contributed by atoms with Gasteiger partial charge in [0.05, 0.1) is 11.9 Å². The number of rotatable bonds is 5. The van der Waals surface area contributed by atoms with Crippen LogP contribution in [0, 0.1) is 34.6 Å². The Hall–Kier alpha value is -2.34. The highest BCUT2D eigenvalue weighted by Gasteiger charge is 2.30. The molecule has 6 heteroatoms. The van der Waals surface area contributed by atoms with Crippen molar-refractivity contribution in [3.05, 3.63) is 58.1 Å². The van der Waals surface area contributed by atoms with Crippen molar-refractivity contribution in [2.75, 3.05) is 15.9 Å². The van der Waals surface area contributed by atoms with Gasteiger partial charge < -0.3 is 5.32 Å². The second-order valence-electron chi connectivity index (χ2n) is 7.34. The number of nitrogens with zero attached hydrogens (tertiary/aromatic N) is 1. The lowest BCUT2D eigenvalue weighted by Gasteiger charge is -2.29. The normalized spacial score (nSPS) is 12.6.